The van der Waals surface area contributed by atoms with Crippen LogP contribution < -0.4 is 5.73 Å². The van der Waals surface area contributed by atoms with Gasteiger partial charge in [-0.1, -0.05) is 29.8 Å². The van der Waals surface area contributed by atoms with Crippen LogP contribution in [-0.4, -0.2) is 0 Å². The monoisotopic (exact) mass is 209 g/mol. The van der Waals surface area contributed by atoms with Crippen LogP contribution in [0.25, 0.3) is 0 Å². The van der Waals surface area contributed by atoms with E-state index < -0.39 is 0 Å². The molecule has 0 saturated heterocycles. The Kier molecular flexibility index (Phi) is 4.18. The van der Waals surface area contributed by atoms with Crippen LogP contribution >= 0.6 is 11.6 Å². The van der Waals surface area contributed by atoms with Crippen molar-refractivity contribution in [3.63, 3.8) is 0 Å². The molecule has 14 heavy (non-hydrogen) atoms. The molecule has 0 aliphatic carbocycles. The molecule has 1 unspecified atom stereocenters. The van der Waals surface area contributed by atoms with Gasteiger partial charge in [0.15, 0.2) is 0 Å². The Morgan fingerprint density at radius 1 is 1.57 bits per heavy atom. The van der Waals surface area contributed by atoms with E-state index >= 15 is 0 Å². The van der Waals surface area contributed by atoms with Gasteiger partial charge in [-0.25, -0.2) is 0 Å². The van der Waals surface area contributed by atoms with Gasteiger partial charge in [-0.3, -0.25) is 0 Å². The zero-order chi connectivity index (χ0) is 10.6. The van der Waals surface area contributed by atoms with Crippen molar-refractivity contribution in [2.75, 3.05) is 0 Å². The van der Waals surface area contributed by atoms with E-state index in [0.717, 1.165) is 29.0 Å². The first kappa shape index (κ1) is 11.3. The highest BCUT2D eigenvalue weighted by Crippen LogP contribution is 2.25. The van der Waals surface area contributed by atoms with Crippen molar-refractivity contribution < 1.29 is 0 Å². The zero-order valence-corrected chi connectivity index (χ0v) is 9.22. The molecule has 0 amide bonds. The molecular formula is C12H16ClN. The summed E-state index contributed by atoms with van der Waals surface area (Å²) in [6.45, 7) is 5.69. The smallest absolute Gasteiger partial charge is 0.0438 e. The van der Waals surface area contributed by atoms with E-state index in [4.69, 9.17) is 17.3 Å². The Balaban J connectivity index is 2.83. The van der Waals surface area contributed by atoms with Crippen molar-refractivity contribution in [3.05, 3.63) is 47.0 Å². The van der Waals surface area contributed by atoms with Gasteiger partial charge < -0.3 is 5.73 Å². The van der Waals surface area contributed by atoms with Crippen LogP contribution in [-0.2, 0) is 0 Å². The van der Waals surface area contributed by atoms with Gasteiger partial charge in [0.1, 0.15) is 0 Å². The highest BCUT2D eigenvalue weighted by atomic mass is 35.5. The van der Waals surface area contributed by atoms with Crippen molar-refractivity contribution in [1.82, 2.24) is 0 Å². The number of hydrogen-bond donors (Lipinski definition) is 1. The first-order valence-corrected chi connectivity index (χ1v) is 5.16. The second-order valence-electron chi connectivity index (χ2n) is 3.43. The summed E-state index contributed by atoms with van der Waals surface area (Å²) in [6.07, 6.45) is 3.75. The largest absolute Gasteiger partial charge is 0.324 e. The van der Waals surface area contributed by atoms with Crippen LogP contribution in [0.5, 0.6) is 0 Å². The minimum absolute atomic E-state index is 0.0618. The van der Waals surface area contributed by atoms with Crippen molar-refractivity contribution in [1.29, 1.82) is 0 Å². The van der Waals surface area contributed by atoms with Gasteiger partial charge in [0.25, 0.3) is 0 Å². The third kappa shape index (κ3) is 2.60. The summed E-state index contributed by atoms with van der Waals surface area (Å²) in [5.41, 5.74) is 8.27. The highest BCUT2D eigenvalue weighted by Gasteiger charge is 2.09. The molecule has 0 aliphatic heterocycles. The number of hydrogen-bond acceptors (Lipinski definition) is 1. The van der Waals surface area contributed by atoms with E-state index in [-0.39, 0.29) is 6.04 Å². The summed E-state index contributed by atoms with van der Waals surface area (Å²) in [6, 6.07) is 5.93. The van der Waals surface area contributed by atoms with Gasteiger partial charge in [-0.05, 0) is 37.0 Å². The Hall–Kier alpha value is -0.790. The minimum atomic E-state index is 0.0618. The van der Waals surface area contributed by atoms with Crippen LogP contribution in [0.4, 0.5) is 0 Å². The lowest BCUT2D eigenvalue weighted by Crippen LogP contribution is -2.11. The molecule has 0 saturated carbocycles. The molecule has 0 aromatic heterocycles. The highest BCUT2D eigenvalue weighted by molar-refractivity contribution is 6.31. The molecule has 1 nitrogen and oxygen atoms in total. The summed E-state index contributed by atoms with van der Waals surface area (Å²) in [7, 11) is 0. The topological polar surface area (TPSA) is 26.0 Å². The maximum atomic E-state index is 6.04. The van der Waals surface area contributed by atoms with Crippen molar-refractivity contribution >= 4 is 11.6 Å². The molecule has 2 N–H and O–H groups in total. The van der Waals surface area contributed by atoms with E-state index in [9.17, 15) is 0 Å². The van der Waals surface area contributed by atoms with Gasteiger partial charge >= 0.3 is 0 Å². The van der Waals surface area contributed by atoms with Crippen LogP contribution in [0.2, 0.25) is 5.02 Å². The summed E-state index contributed by atoms with van der Waals surface area (Å²) in [4.78, 5) is 0. The molecule has 1 aromatic carbocycles. The Labute approximate surface area is 90.6 Å². The van der Waals surface area contributed by atoms with Gasteiger partial charge in [-0.15, -0.1) is 6.58 Å². The van der Waals surface area contributed by atoms with E-state index in [2.05, 4.69) is 6.58 Å². The zero-order valence-electron chi connectivity index (χ0n) is 8.46. The average Bonchev–Trinajstić information content (AvgIpc) is 2.18. The normalized spacial score (nSPS) is 12.5. The number of rotatable bonds is 4. The molecule has 0 bridgehead atoms. The van der Waals surface area contributed by atoms with Crippen LogP contribution in [0.15, 0.2) is 30.9 Å². The Morgan fingerprint density at radius 3 is 2.93 bits per heavy atom. The van der Waals surface area contributed by atoms with E-state index in [1.807, 2.05) is 31.2 Å². The molecule has 1 aromatic rings. The summed E-state index contributed by atoms with van der Waals surface area (Å²) in [5.74, 6) is 0. The molecule has 0 radical (unpaired) electrons. The lowest BCUT2D eigenvalue weighted by Gasteiger charge is -2.14. The lowest BCUT2D eigenvalue weighted by molar-refractivity contribution is 0.658. The van der Waals surface area contributed by atoms with Crippen LogP contribution in [0, 0.1) is 6.92 Å². The predicted molar refractivity (Wildman–Crippen MR) is 62.5 cm³/mol. The van der Waals surface area contributed by atoms with Crippen LogP contribution in [0.3, 0.4) is 0 Å². The van der Waals surface area contributed by atoms with Gasteiger partial charge in [0.05, 0.1) is 0 Å². The molecule has 0 spiro atoms. The molecule has 2 heteroatoms. The number of allylic oxidation sites excluding steroid dienone is 1. The first-order valence-electron chi connectivity index (χ1n) is 4.78. The Bertz CT molecular complexity index is 320. The number of halogens is 1. The average molecular weight is 210 g/mol. The Morgan fingerprint density at radius 2 is 2.29 bits per heavy atom. The fourth-order valence-corrected chi connectivity index (χ4v) is 1.66. The molecule has 76 valence electrons. The fraction of sp³-hybridized carbons (Fsp3) is 0.333. The fourth-order valence-electron chi connectivity index (χ4n) is 1.48. The van der Waals surface area contributed by atoms with Gasteiger partial charge in [-0.2, -0.15) is 0 Å². The maximum Gasteiger partial charge on any atom is 0.0438 e. The van der Waals surface area contributed by atoms with Gasteiger partial charge in [0.2, 0.25) is 0 Å². The predicted octanol–water partition coefficient (Wildman–Crippen LogP) is 3.61. The van der Waals surface area contributed by atoms with Crippen molar-refractivity contribution in [2.45, 2.75) is 25.8 Å². The third-order valence-electron chi connectivity index (χ3n) is 2.39. The van der Waals surface area contributed by atoms with E-state index in [1.165, 1.54) is 0 Å². The van der Waals surface area contributed by atoms with E-state index in [0.29, 0.717) is 0 Å². The summed E-state index contributed by atoms with van der Waals surface area (Å²) >= 11 is 6.02. The van der Waals surface area contributed by atoms with Crippen LogP contribution in [0.1, 0.15) is 30.0 Å². The summed E-state index contributed by atoms with van der Waals surface area (Å²) in [5, 5.41) is 0.788. The maximum absolute atomic E-state index is 6.04. The second-order valence-corrected chi connectivity index (χ2v) is 3.83. The standard InChI is InChI=1S/C12H16ClN/c1-3-4-8-12(14)10-6-5-7-11(13)9(10)2/h3,5-7,12H,1,4,8,14H2,2H3. The van der Waals surface area contributed by atoms with Crippen molar-refractivity contribution in [2.24, 2.45) is 5.73 Å². The van der Waals surface area contributed by atoms with Gasteiger partial charge in [0, 0.05) is 11.1 Å². The molecular weight excluding hydrogens is 194 g/mol. The minimum Gasteiger partial charge on any atom is -0.324 e. The van der Waals surface area contributed by atoms with E-state index in [1.54, 1.807) is 0 Å². The lowest BCUT2D eigenvalue weighted by atomic mass is 9.98. The second kappa shape index (κ2) is 5.18. The molecule has 0 aliphatic rings. The SMILES string of the molecule is C=CCCC(N)c1cccc(Cl)c1C. The molecule has 1 rings (SSSR count). The summed E-state index contributed by atoms with van der Waals surface area (Å²) < 4.78 is 0. The molecule has 1 atom stereocenters. The quantitative estimate of drug-likeness (QED) is 0.754. The molecule has 0 heterocycles. The number of benzene rings is 1. The third-order valence-corrected chi connectivity index (χ3v) is 2.80. The van der Waals surface area contributed by atoms with Crippen molar-refractivity contribution in [3.8, 4) is 0 Å². The number of nitrogens with two attached hydrogens (primary N) is 1. The molecule has 0 fully saturated rings. The first-order chi connectivity index (χ1) is 6.66.